The van der Waals surface area contributed by atoms with Crippen LogP contribution >= 0.6 is 0 Å². The summed E-state index contributed by atoms with van der Waals surface area (Å²) in [5.74, 6) is -0.124. The number of nitrogens with zero attached hydrogens (tertiary/aromatic N) is 1. The van der Waals surface area contributed by atoms with E-state index >= 15 is 0 Å². The minimum absolute atomic E-state index is 0.0714. The van der Waals surface area contributed by atoms with E-state index in [9.17, 15) is 13.2 Å². The Balaban J connectivity index is 1.82. The number of amides is 1. The molecular formula is C20H25N3O3S. The molecule has 1 fully saturated rings. The summed E-state index contributed by atoms with van der Waals surface area (Å²) in [4.78, 5) is 14.9. The molecule has 2 aromatic carbocycles. The Morgan fingerprint density at radius 1 is 1.22 bits per heavy atom. The van der Waals surface area contributed by atoms with E-state index in [1.807, 2.05) is 44.2 Å². The molecule has 1 saturated heterocycles. The predicted molar refractivity (Wildman–Crippen MR) is 105 cm³/mol. The molecule has 1 amide bonds. The normalized spacial score (nSPS) is 17.7. The summed E-state index contributed by atoms with van der Waals surface area (Å²) in [6.07, 6.45) is 0. The highest BCUT2D eigenvalue weighted by atomic mass is 32.2. The van der Waals surface area contributed by atoms with Crippen LogP contribution in [-0.4, -0.2) is 44.9 Å². The molecule has 7 heteroatoms. The molecule has 0 spiro atoms. The summed E-state index contributed by atoms with van der Waals surface area (Å²) in [5, 5.41) is 3.25. The van der Waals surface area contributed by atoms with E-state index in [2.05, 4.69) is 10.0 Å². The van der Waals surface area contributed by atoms with E-state index in [-0.39, 0.29) is 23.4 Å². The molecule has 27 heavy (non-hydrogen) atoms. The van der Waals surface area contributed by atoms with Gasteiger partial charge in [0.1, 0.15) is 0 Å². The molecule has 0 aromatic heterocycles. The molecule has 0 bridgehead atoms. The van der Waals surface area contributed by atoms with Crippen molar-refractivity contribution in [1.82, 2.24) is 14.9 Å². The van der Waals surface area contributed by atoms with Crippen molar-refractivity contribution in [2.24, 2.45) is 0 Å². The molecule has 1 aliphatic rings. The first-order valence-corrected chi connectivity index (χ1v) is 10.5. The Hall–Kier alpha value is -2.22. The van der Waals surface area contributed by atoms with Gasteiger partial charge in [-0.25, -0.2) is 13.1 Å². The van der Waals surface area contributed by atoms with Crippen molar-refractivity contribution in [3.8, 4) is 0 Å². The molecule has 6 nitrogen and oxygen atoms in total. The predicted octanol–water partition coefficient (Wildman–Crippen LogP) is 1.91. The highest BCUT2D eigenvalue weighted by Gasteiger charge is 2.26. The van der Waals surface area contributed by atoms with Gasteiger partial charge in [0.2, 0.25) is 10.0 Å². The van der Waals surface area contributed by atoms with Gasteiger partial charge in [0.05, 0.1) is 4.90 Å². The average Bonchev–Trinajstić information content (AvgIpc) is 2.67. The third kappa shape index (κ3) is 4.55. The fourth-order valence-corrected chi connectivity index (χ4v) is 4.20. The van der Waals surface area contributed by atoms with Gasteiger partial charge in [0, 0.05) is 37.8 Å². The highest BCUT2D eigenvalue weighted by Crippen LogP contribution is 2.19. The molecule has 0 unspecified atom stereocenters. The Morgan fingerprint density at radius 3 is 2.67 bits per heavy atom. The second-order valence-electron chi connectivity index (χ2n) is 6.84. The molecule has 2 N–H and O–H groups in total. The van der Waals surface area contributed by atoms with Crippen LogP contribution < -0.4 is 10.0 Å². The van der Waals surface area contributed by atoms with Crippen molar-refractivity contribution in [3.05, 3.63) is 65.2 Å². The van der Waals surface area contributed by atoms with Gasteiger partial charge >= 0.3 is 0 Å². The van der Waals surface area contributed by atoms with E-state index in [4.69, 9.17) is 0 Å². The molecule has 2 aromatic rings. The van der Waals surface area contributed by atoms with E-state index in [1.165, 1.54) is 6.07 Å². The SMILES string of the molecule is Cc1ccc(S(=O)(=O)NCc2ccccc2)cc1C(=O)N1CCNC[C@@H]1C. The van der Waals surface area contributed by atoms with Crippen molar-refractivity contribution in [3.63, 3.8) is 0 Å². The van der Waals surface area contributed by atoms with Crippen molar-refractivity contribution in [2.45, 2.75) is 31.3 Å². The zero-order chi connectivity index (χ0) is 19.4. The number of hydrogen-bond acceptors (Lipinski definition) is 4. The monoisotopic (exact) mass is 387 g/mol. The molecule has 3 rings (SSSR count). The van der Waals surface area contributed by atoms with Crippen molar-refractivity contribution < 1.29 is 13.2 Å². The molecule has 0 radical (unpaired) electrons. The number of carbonyl (C=O) groups is 1. The quantitative estimate of drug-likeness (QED) is 0.822. The first kappa shape index (κ1) is 19.5. The number of sulfonamides is 1. The maximum atomic E-state index is 13.0. The van der Waals surface area contributed by atoms with Crippen LogP contribution in [0.4, 0.5) is 0 Å². The van der Waals surface area contributed by atoms with Crippen LogP contribution in [0.3, 0.4) is 0 Å². The Labute approximate surface area is 160 Å². The minimum atomic E-state index is -3.71. The molecule has 1 aliphatic heterocycles. The number of hydrogen-bond donors (Lipinski definition) is 2. The van der Waals surface area contributed by atoms with Crippen LogP contribution in [0.1, 0.15) is 28.4 Å². The van der Waals surface area contributed by atoms with Gasteiger partial charge < -0.3 is 10.2 Å². The smallest absolute Gasteiger partial charge is 0.254 e. The van der Waals surface area contributed by atoms with E-state index in [0.717, 1.165) is 24.2 Å². The van der Waals surface area contributed by atoms with E-state index < -0.39 is 10.0 Å². The zero-order valence-corrected chi connectivity index (χ0v) is 16.4. The van der Waals surface area contributed by atoms with Crippen molar-refractivity contribution >= 4 is 15.9 Å². The number of carbonyl (C=O) groups excluding carboxylic acids is 1. The van der Waals surface area contributed by atoms with Gasteiger partial charge in [0.15, 0.2) is 0 Å². The van der Waals surface area contributed by atoms with Crippen LogP contribution in [-0.2, 0) is 16.6 Å². The summed E-state index contributed by atoms with van der Waals surface area (Å²) in [7, 11) is -3.71. The summed E-state index contributed by atoms with van der Waals surface area (Å²) < 4.78 is 28.0. The van der Waals surface area contributed by atoms with E-state index in [0.29, 0.717) is 12.1 Å². The third-order valence-corrected chi connectivity index (χ3v) is 6.22. The van der Waals surface area contributed by atoms with Gasteiger partial charge in [-0.15, -0.1) is 0 Å². The molecule has 0 aliphatic carbocycles. The van der Waals surface area contributed by atoms with Crippen molar-refractivity contribution in [1.29, 1.82) is 0 Å². The summed E-state index contributed by atoms with van der Waals surface area (Å²) in [6.45, 7) is 6.11. The van der Waals surface area contributed by atoms with Gasteiger partial charge in [-0.1, -0.05) is 36.4 Å². The maximum Gasteiger partial charge on any atom is 0.254 e. The fraction of sp³-hybridized carbons (Fsp3) is 0.350. The first-order chi connectivity index (χ1) is 12.9. The number of aryl methyl sites for hydroxylation is 1. The molecular weight excluding hydrogens is 362 g/mol. The van der Waals surface area contributed by atoms with E-state index in [1.54, 1.807) is 17.0 Å². The topological polar surface area (TPSA) is 78.5 Å². The Kier molecular flexibility index (Phi) is 5.94. The number of piperazine rings is 1. The van der Waals surface area contributed by atoms with Gasteiger partial charge in [0.25, 0.3) is 5.91 Å². The fourth-order valence-electron chi connectivity index (χ4n) is 3.15. The van der Waals surface area contributed by atoms with Gasteiger partial charge in [-0.2, -0.15) is 0 Å². The largest absolute Gasteiger partial charge is 0.333 e. The third-order valence-electron chi connectivity index (χ3n) is 4.82. The van der Waals surface area contributed by atoms with Gasteiger partial charge in [-0.05, 0) is 37.1 Å². The molecule has 1 heterocycles. The van der Waals surface area contributed by atoms with Crippen LogP contribution in [0.25, 0.3) is 0 Å². The number of nitrogens with one attached hydrogen (secondary N) is 2. The minimum Gasteiger partial charge on any atom is -0.333 e. The molecule has 144 valence electrons. The van der Waals surface area contributed by atoms with Gasteiger partial charge in [-0.3, -0.25) is 4.79 Å². The Morgan fingerprint density at radius 2 is 1.96 bits per heavy atom. The average molecular weight is 388 g/mol. The lowest BCUT2D eigenvalue weighted by molar-refractivity contribution is 0.0654. The number of rotatable bonds is 5. The summed E-state index contributed by atoms with van der Waals surface area (Å²) in [5.41, 5.74) is 2.08. The zero-order valence-electron chi connectivity index (χ0n) is 15.6. The lowest BCUT2D eigenvalue weighted by Crippen LogP contribution is -2.52. The van der Waals surface area contributed by atoms with Crippen LogP contribution in [0.5, 0.6) is 0 Å². The first-order valence-electron chi connectivity index (χ1n) is 9.04. The standard InChI is InChI=1S/C20H25N3O3S/c1-15-8-9-18(27(25,26)22-14-17-6-4-3-5-7-17)12-19(15)20(24)23-11-10-21-13-16(23)2/h3-9,12,16,21-22H,10-11,13-14H2,1-2H3/t16-/m0/s1. The van der Waals surface area contributed by atoms with Crippen LogP contribution in [0.15, 0.2) is 53.4 Å². The van der Waals surface area contributed by atoms with Crippen molar-refractivity contribution in [2.75, 3.05) is 19.6 Å². The lowest BCUT2D eigenvalue weighted by Gasteiger charge is -2.34. The van der Waals surface area contributed by atoms with Crippen LogP contribution in [0, 0.1) is 6.92 Å². The highest BCUT2D eigenvalue weighted by molar-refractivity contribution is 7.89. The molecule has 0 saturated carbocycles. The summed E-state index contributed by atoms with van der Waals surface area (Å²) >= 11 is 0. The van der Waals surface area contributed by atoms with Crippen LogP contribution in [0.2, 0.25) is 0 Å². The number of benzene rings is 2. The second-order valence-corrected chi connectivity index (χ2v) is 8.61. The Bertz CT molecular complexity index is 913. The molecule has 1 atom stereocenters. The maximum absolute atomic E-state index is 13.0. The summed E-state index contributed by atoms with van der Waals surface area (Å²) in [6, 6.07) is 14.1. The second kappa shape index (κ2) is 8.21. The lowest BCUT2D eigenvalue weighted by atomic mass is 10.1.